The first kappa shape index (κ1) is 27.4. The van der Waals surface area contributed by atoms with E-state index >= 15 is 0 Å². The summed E-state index contributed by atoms with van der Waals surface area (Å²) in [7, 11) is 1.96. The molecular formula is C34H28N4OPt. The zero-order valence-electron chi connectivity index (χ0n) is 22.8. The van der Waals surface area contributed by atoms with Gasteiger partial charge >= 0.3 is 21.1 Å². The summed E-state index contributed by atoms with van der Waals surface area (Å²) in [5.41, 5.74) is 9.72. The van der Waals surface area contributed by atoms with Crippen molar-refractivity contribution in [2.24, 2.45) is 7.05 Å². The van der Waals surface area contributed by atoms with Gasteiger partial charge in [0.05, 0.1) is 17.7 Å². The molecule has 0 amide bonds. The summed E-state index contributed by atoms with van der Waals surface area (Å²) < 4.78 is 10.2. The first-order valence-corrected chi connectivity index (χ1v) is 12.9. The minimum absolute atomic E-state index is 0. The normalized spacial score (nSPS) is 10.8. The number of hydrogen-bond donors (Lipinski definition) is 0. The zero-order chi connectivity index (χ0) is 26.9. The molecule has 6 aromatic rings. The molecule has 0 aliphatic heterocycles. The van der Waals surface area contributed by atoms with Crippen LogP contribution in [0.1, 0.15) is 16.7 Å². The smallest absolute Gasteiger partial charge is 0.503 e. The number of benzene rings is 4. The fraction of sp³-hybridized carbons (Fsp3) is 0.118. The van der Waals surface area contributed by atoms with E-state index in [0.29, 0.717) is 11.5 Å². The van der Waals surface area contributed by atoms with Gasteiger partial charge in [-0.1, -0.05) is 54.1 Å². The Morgan fingerprint density at radius 3 is 2.20 bits per heavy atom. The predicted octanol–water partition coefficient (Wildman–Crippen LogP) is 7.92. The van der Waals surface area contributed by atoms with Gasteiger partial charge in [-0.05, 0) is 43.1 Å². The maximum Gasteiger partial charge on any atom is 2.00 e. The summed E-state index contributed by atoms with van der Waals surface area (Å²) in [4.78, 5) is 4.43. The van der Waals surface area contributed by atoms with Crippen LogP contribution in [-0.2, 0) is 28.1 Å². The molecule has 200 valence electrons. The molecule has 0 N–H and O–H groups in total. The second-order valence-electron chi connectivity index (χ2n) is 9.75. The van der Waals surface area contributed by atoms with E-state index in [0.717, 1.165) is 33.9 Å². The van der Waals surface area contributed by atoms with Crippen LogP contribution in [-0.4, -0.2) is 19.3 Å². The van der Waals surface area contributed by atoms with E-state index in [9.17, 15) is 0 Å². The van der Waals surface area contributed by atoms with Crippen LogP contribution < -0.4 is 4.74 Å². The number of aromatic nitrogens is 4. The van der Waals surface area contributed by atoms with Crippen LogP contribution in [0, 0.1) is 32.9 Å². The van der Waals surface area contributed by atoms with Gasteiger partial charge in [-0.2, -0.15) is 11.2 Å². The molecule has 6 rings (SSSR count). The second-order valence-corrected chi connectivity index (χ2v) is 9.75. The molecule has 0 atom stereocenters. The maximum absolute atomic E-state index is 6.23. The molecule has 2 heterocycles. The van der Waals surface area contributed by atoms with E-state index in [2.05, 4.69) is 74.3 Å². The molecule has 5 nitrogen and oxygen atoms in total. The molecule has 0 spiro atoms. The summed E-state index contributed by atoms with van der Waals surface area (Å²) in [5, 5.41) is 4.86. The Bertz CT molecular complexity index is 1760. The third-order valence-electron chi connectivity index (χ3n) is 6.80. The molecule has 0 aliphatic rings. The second kappa shape index (κ2) is 11.5. The van der Waals surface area contributed by atoms with Gasteiger partial charge in [0.15, 0.2) is 0 Å². The van der Waals surface area contributed by atoms with Crippen molar-refractivity contribution in [1.29, 1.82) is 0 Å². The molecule has 6 heteroatoms. The quantitative estimate of drug-likeness (QED) is 0.166. The van der Waals surface area contributed by atoms with Gasteiger partial charge in [-0.25, -0.2) is 0 Å². The average molecular weight is 704 g/mol. The fourth-order valence-corrected chi connectivity index (χ4v) is 5.15. The summed E-state index contributed by atoms with van der Waals surface area (Å²) in [6, 6.07) is 33.3. The van der Waals surface area contributed by atoms with Crippen molar-refractivity contribution in [3.63, 3.8) is 0 Å². The van der Waals surface area contributed by atoms with Gasteiger partial charge in [0.2, 0.25) is 0 Å². The van der Waals surface area contributed by atoms with E-state index in [1.807, 2.05) is 71.2 Å². The number of hydrogen-bond acceptors (Lipinski definition) is 3. The van der Waals surface area contributed by atoms with Crippen molar-refractivity contribution in [2.75, 3.05) is 0 Å². The molecule has 0 saturated heterocycles. The van der Waals surface area contributed by atoms with Crippen LogP contribution in [0.25, 0.3) is 39.5 Å². The molecule has 2 aromatic heterocycles. The first-order valence-electron chi connectivity index (χ1n) is 12.9. The minimum atomic E-state index is 0. The van der Waals surface area contributed by atoms with Gasteiger partial charge in [0.25, 0.3) is 0 Å². The summed E-state index contributed by atoms with van der Waals surface area (Å²) in [6.07, 6.45) is 5.63. The van der Waals surface area contributed by atoms with Gasteiger partial charge in [0.1, 0.15) is 0 Å². The third kappa shape index (κ3) is 5.30. The maximum atomic E-state index is 6.23. The Kier molecular flexibility index (Phi) is 7.86. The summed E-state index contributed by atoms with van der Waals surface area (Å²) in [6.45, 7) is 6.46. The van der Waals surface area contributed by atoms with Crippen molar-refractivity contribution in [1.82, 2.24) is 19.3 Å². The molecule has 0 aliphatic carbocycles. The van der Waals surface area contributed by atoms with Crippen molar-refractivity contribution in [3.8, 4) is 51.0 Å². The van der Waals surface area contributed by atoms with E-state index in [1.54, 1.807) is 6.20 Å². The van der Waals surface area contributed by atoms with Crippen LogP contribution in [0.5, 0.6) is 11.5 Å². The number of imidazole rings is 1. The van der Waals surface area contributed by atoms with Gasteiger partial charge < -0.3 is 9.30 Å². The molecule has 0 bridgehead atoms. The molecule has 40 heavy (non-hydrogen) atoms. The number of rotatable bonds is 6. The summed E-state index contributed by atoms with van der Waals surface area (Å²) in [5.74, 6) is 2.01. The van der Waals surface area contributed by atoms with E-state index < -0.39 is 0 Å². The largest absolute Gasteiger partial charge is 2.00 e. The Morgan fingerprint density at radius 2 is 1.50 bits per heavy atom. The third-order valence-corrected chi connectivity index (χ3v) is 6.80. The van der Waals surface area contributed by atoms with Crippen LogP contribution in [0.3, 0.4) is 0 Å². The van der Waals surface area contributed by atoms with Crippen LogP contribution in [0.2, 0.25) is 0 Å². The van der Waals surface area contributed by atoms with Gasteiger partial charge in [-0.3, -0.25) is 9.67 Å². The van der Waals surface area contributed by atoms with Crippen molar-refractivity contribution >= 4 is 0 Å². The first-order chi connectivity index (χ1) is 19.0. The van der Waals surface area contributed by atoms with Crippen molar-refractivity contribution in [3.05, 3.63) is 126 Å². The van der Waals surface area contributed by atoms with E-state index in [1.165, 1.54) is 22.3 Å². The standard InChI is InChI=1S/C34H28N4O.Pt/c1-23-18-24(2)32(25(3)19-23)33-31(26-10-6-5-7-11-26)22-36-38(33)28-13-9-15-30(21-28)39-29-14-8-12-27(20-29)34-35-16-17-37(34)4;/h5-19,22H,1-4H3;/q-2;+2. The Balaban J connectivity index is 0.00000323. The van der Waals surface area contributed by atoms with Crippen molar-refractivity contribution in [2.45, 2.75) is 20.8 Å². The Morgan fingerprint density at radius 1 is 0.800 bits per heavy atom. The number of ether oxygens (including phenoxy) is 1. The minimum Gasteiger partial charge on any atom is -0.503 e. The molecule has 4 aromatic carbocycles. The summed E-state index contributed by atoms with van der Waals surface area (Å²) >= 11 is 0. The average Bonchev–Trinajstić information content (AvgIpc) is 3.56. The molecule has 0 saturated carbocycles. The van der Waals surface area contributed by atoms with Gasteiger partial charge in [0, 0.05) is 42.1 Å². The molecule has 0 fully saturated rings. The SMILES string of the molecule is Cc1cc(C)c(-c2c(-c3ccccc3)cnn2-c2[c-]c(Oc3[c-]c(-c4nccn4C)ccc3)ccc2)c(C)c1.[Pt+2]. The predicted molar refractivity (Wildman–Crippen MR) is 155 cm³/mol. The zero-order valence-corrected chi connectivity index (χ0v) is 25.0. The Hall–Kier alpha value is -4.21. The topological polar surface area (TPSA) is 44.9 Å². The monoisotopic (exact) mass is 703 g/mol. The molecule has 0 unspecified atom stereocenters. The van der Waals surface area contributed by atoms with Crippen LogP contribution >= 0.6 is 0 Å². The number of nitrogens with zero attached hydrogens (tertiary/aromatic N) is 4. The van der Waals surface area contributed by atoms with Crippen LogP contribution in [0.4, 0.5) is 0 Å². The van der Waals surface area contributed by atoms with Crippen LogP contribution in [0.15, 0.2) is 97.5 Å². The molecule has 0 radical (unpaired) electrons. The van der Waals surface area contributed by atoms with Gasteiger partial charge in [-0.15, -0.1) is 42.0 Å². The Labute approximate surface area is 249 Å². The fourth-order valence-electron chi connectivity index (χ4n) is 5.15. The van der Waals surface area contributed by atoms with Crippen molar-refractivity contribution < 1.29 is 25.8 Å². The number of aryl methyl sites for hydroxylation is 4. The van der Waals surface area contributed by atoms with E-state index in [4.69, 9.17) is 9.84 Å². The van der Waals surface area contributed by atoms with E-state index in [-0.39, 0.29) is 21.1 Å². The molecular weight excluding hydrogens is 675 g/mol.